The van der Waals surface area contributed by atoms with Gasteiger partial charge in [0.05, 0.1) is 12.2 Å². The molecule has 0 aliphatic rings. The molecule has 0 unspecified atom stereocenters. The minimum absolute atomic E-state index is 0.0118. The van der Waals surface area contributed by atoms with Crippen LogP contribution in [0.25, 0.3) is 0 Å². The topological polar surface area (TPSA) is 53.4 Å². The van der Waals surface area contributed by atoms with E-state index in [1.54, 1.807) is 6.20 Å². The first kappa shape index (κ1) is 15.7. The van der Waals surface area contributed by atoms with Gasteiger partial charge in [0.1, 0.15) is 0 Å². The Kier molecular flexibility index (Phi) is 5.47. The first-order chi connectivity index (χ1) is 10.0. The standard InChI is InChI=1S/C16H17BrN2O2/c1-12-5-6-18-15(7-12)10-19(11-16(20)21)9-13-3-2-4-14(17)8-13/h2-8H,9-11H2,1H3,(H,20,21). The predicted octanol–water partition coefficient (Wildman–Crippen LogP) is 3.24. The maximum atomic E-state index is 11.1. The number of aliphatic carboxylic acids is 1. The molecule has 0 radical (unpaired) electrons. The lowest BCUT2D eigenvalue weighted by Gasteiger charge is -2.20. The molecule has 0 aliphatic heterocycles. The molecule has 0 aliphatic carbocycles. The summed E-state index contributed by atoms with van der Waals surface area (Å²) in [6, 6.07) is 11.8. The Labute approximate surface area is 132 Å². The molecule has 5 heteroatoms. The number of pyridine rings is 1. The second kappa shape index (κ2) is 7.33. The number of benzene rings is 1. The van der Waals surface area contributed by atoms with E-state index in [0.717, 1.165) is 21.3 Å². The minimum atomic E-state index is -0.836. The van der Waals surface area contributed by atoms with Crippen LogP contribution in [0.5, 0.6) is 0 Å². The first-order valence-electron chi connectivity index (χ1n) is 6.63. The largest absolute Gasteiger partial charge is 0.480 e. The van der Waals surface area contributed by atoms with Gasteiger partial charge in [-0.3, -0.25) is 14.7 Å². The van der Waals surface area contributed by atoms with Crippen LogP contribution in [-0.4, -0.2) is 27.5 Å². The molecule has 2 rings (SSSR count). The van der Waals surface area contributed by atoms with Gasteiger partial charge < -0.3 is 5.11 Å². The smallest absolute Gasteiger partial charge is 0.317 e. The van der Waals surface area contributed by atoms with E-state index in [1.165, 1.54) is 0 Å². The highest BCUT2D eigenvalue weighted by molar-refractivity contribution is 9.10. The number of carbonyl (C=O) groups is 1. The average Bonchev–Trinajstić information content (AvgIpc) is 2.37. The van der Waals surface area contributed by atoms with Crippen molar-refractivity contribution in [3.63, 3.8) is 0 Å². The van der Waals surface area contributed by atoms with Crippen molar-refractivity contribution >= 4 is 21.9 Å². The maximum absolute atomic E-state index is 11.1. The fourth-order valence-electron chi connectivity index (χ4n) is 2.17. The zero-order chi connectivity index (χ0) is 15.2. The zero-order valence-corrected chi connectivity index (χ0v) is 13.4. The number of halogens is 1. The fourth-order valence-corrected chi connectivity index (χ4v) is 2.61. The molecule has 0 bridgehead atoms. The number of hydrogen-bond donors (Lipinski definition) is 1. The predicted molar refractivity (Wildman–Crippen MR) is 84.9 cm³/mol. The molecule has 1 N–H and O–H groups in total. The summed E-state index contributed by atoms with van der Waals surface area (Å²) >= 11 is 3.43. The molecule has 0 spiro atoms. The van der Waals surface area contributed by atoms with Gasteiger partial charge in [0, 0.05) is 23.8 Å². The summed E-state index contributed by atoms with van der Waals surface area (Å²) in [5.74, 6) is -0.836. The second-order valence-electron chi connectivity index (χ2n) is 4.99. The van der Waals surface area contributed by atoms with Gasteiger partial charge in [0.15, 0.2) is 0 Å². The normalized spacial score (nSPS) is 10.8. The lowest BCUT2D eigenvalue weighted by Crippen LogP contribution is -2.29. The summed E-state index contributed by atoms with van der Waals surface area (Å²) in [7, 11) is 0. The van der Waals surface area contributed by atoms with Crippen LogP contribution in [0.15, 0.2) is 47.1 Å². The number of hydrogen-bond acceptors (Lipinski definition) is 3. The van der Waals surface area contributed by atoms with E-state index in [9.17, 15) is 4.79 Å². The van der Waals surface area contributed by atoms with E-state index in [0.29, 0.717) is 13.1 Å². The highest BCUT2D eigenvalue weighted by atomic mass is 79.9. The molecular weight excluding hydrogens is 332 g/mol. The van der Waals surface area contributed by atoms with Gasteiger partial charge >= 0.3 is 5.97 Å². The van der Waals surface area contributed by atoms with Crippen molar-refractivity contribution in [3.8, 4) is 0 Å². The van der Waals surface area contributed by atoms with Crippen LogP contribution < -0.4 is 0 Å². The molecular formula is C16H17BrN2O2. The van der Waals surface area contributed by atoms with Crippen LogP contribution in [0.4, 0.5) is 0 Å². The lowest BCUT2D eigenvalue weighted by molar-refractivity contribution is -0.138. The van der Waals surface area contributed by atoms with Crippen LogP contribution in [0.2, 0.25) is 0 Å². The zero-order valence-electron chi connectivity index (χ0n) is 11.8. The van der Waals surface area contributed by atoms with Crippen molar-refractivity contribution in [2.45, 2.75) is 20.0 Å². The van der Waals surface area contributed by atoms with Crippen molar-refractivity contribution in [3.05, 3.63) is 63.9 Å². The van der Waals surface area contributed by atoms with Gasteiger partial charge in [0.2, 0.25) is 0 Å². The monoisotopic (exact) mass is 348 g/mol. The molecule has 0 atom stereocenters. The van der Waals surface area contributed by atoms with E-state index >= 15 is 0 Å². The number of carboxylic acids is 1. The Morgan fingerprint density at radius 1 is 1.29 bits per heavy atom. The minimum Gasteiger partial charge on any atom is -0.480 e. The molecule has 0 saturated carbocycles. The quantitative estimate of drug-likeness (QED) is 0.870. The second-order valence-corrected chi connectivity index (χ2v) is 5.91. The molecule has 1 aromatic heterocycles. The van der Waals surface area contributed by atoms with Crippen LogP contribution in [0, 0.1) is 6.92 Å². The van der Waals surface area contributed by atoms with Crippen LogP contribution in [0.1, 0.15) is 16.8 Å². The summed E-state index contributed by atoms with van der Waals surface area (Å²) in [6.45, 7) is 3.07. The number of carboxylic acid groups (broad SMARTS) is 1. The number of nitrogens with zero attached hydrogens (tertiary/aromatic N) is 2. The first-order valence-corrected chi connectivity index (χ1v) is 7.42. The third kappa shape index (κ3) is 5.28. The Balaban J connectivity index is 2.12. The molecule has 2 aromatic rings. The van der Waals surface area contributed by atoms with Crippen LogP contribution in [0.3, 0.4) is 0 Å². The molecule has 1 heterocycles. The average molecular weight is 349 g/mol. The highest BCUT2D eigenvalue weighted by Gasteiger charge is 2.12. The van der Waals surface area contributed by atoms with E-state index in [1.807, 2.05) is 48.2 Å². The van der Waals surface area contributed by atoms with Gasteiger partial charge in [-0.1, -0.05) is 28.1 Å². The Hall–Kier alpha value is -1.72. The van der Waals surface area contributed by atoms with E-state index in [2.05, 4.69) is 20.9 Å². The summed E-state index contributed by atoms with van der Waals surface area (Å²) < 4.78 is 0.990. The third-order valence-electron chi connectivity index (χ3n) is 3.01. The summed E-state index contributed by atoms with van der Waals surface area (Å²) in [4.78, 5) is 17.2. The Bertz CT molecular complexity index is 584. The van der Waals surface area contributed by atoms with Crippen molar-refractivity contribution in [1.29, 1.82) is 0 Å². The summed E-state index contributed by atoms with van der Waals surface area (Å²) in [5.41, 5.74) is 3.07. The molecule has 110 valence electrons. The molecule has 1 aromatic carbocycles. The van der Waals surface area contributed by atoms with Crippen LogP contribution >= 0.6 is 15.9 Å². The van der Waals surface area contributed by atoms with Gasteiger partial charge in [-0.15, -0.1) is 0 Å². The fraction of sp³-hybridized carbons (Fsp3) is 0.250. The van der Waals surface area contributed by atoms with Gasteiger partial charge in [-0.2, -0.15) is 0 Å². The summed E-state index contributed by atoms with van der Waals surface area (Å²) in [5, 5.41) is 9.08. The van der Waals surface area contributed by atoms with E-state index in [-0.39, 0.29) is 6.54 Å². The Morgan fingerprint density at radius 2 is 2.10 bits per heavy atom. The highest BCUT2D eigenvalue weighted by Crippen LogP contribution is 2.15. The lowest BCUT2D eigenvalue weighted by atomic mass is 10.2. The number of aromatic nitrogens is 1. The van der Waals surface area contributed by atoms with Crippen molar-refractivity contribution in [2.24, 2.45) is 0 Å². The SMILES string of the molecule is Cc1ccnc(CN(CC(=O)O)Cc2cccc(Br)c2)c1. The van der Waals surface area contributed by atoms with Gasteiger partial charge in [0.25, 0.3) is 0 Å². The number of rotatable bonds is 6. The van der Waals surface area contributed by atoms with Crippen molar-refractivity contribution in [2.75, 3.05) is 6.54 Å². The molecule has 0 fully saturated rings. The van der Waals surface area contributed by atoms with E-state index in [4.69, 9.17) is 5.11 Å². The third-order valence-corrected chi connectivity index (χ3v) is 3.51. The van der Waals surface area contributed by atoms with Crippen molar-refractivity contribution < 1.29 is 9.90 Å². The van der Waals surface area contributed by atoms with Gasteiger partial charge in [-0.05, 0) is 42.3 Å². The molecule has 0 saturated heterocycles. The molecule has 0 amide bonds. The van der Waals surface area contributed by atoms with E-state index < -0.39 is 5.97 Å². The molecule has 4 nitrogen and oxygen atoms in total. The Morgan fingerprint density at radius 3 is 2.76 bits per heavy atom. The van der Waals surface area contributed by atoms with Crippen molar-refractivity contribution in [1.82, 2.24) is 9.88 Å². The van der Waals surface area contributed by atoms with Crippen LogP contribution in [-0.2, 0) is 17.9 Å². The maximum Gasteiger partial charge on any atom is 0.317 e. The summed E-state index contributed by atoms with van der Waals surface area (Å²) in [6.07, 6.45) is 1.75. The molecule has 21 heavy (non-hydrogen) atoms. The van der Waals surface area contributed by atoms with Gasteiger partial charge in [-0.25, -0.2) is 0 Å². The number of aryl methyl sites for hydroxylation is 1.